The van der Waals surface area contributed by atoms with E-state index >= 15 is 0 Å². The van der Waals surface area contributed by atoms with Crippen LogP contribution >= 0.6 is 0 Å². The average Bonchev–Trinajstić information content (AvgIpc) is 2.54. The van der Waals surface area contributed by atoms with Gasteiger partial charge in [-0.1, -0.05) is 78.0 Å². The van der Waals surface area contributed by atoms with E-state index in [0.717, 1.165) is 25.7 Å². The van der Waals surface area contributed by atoms with Crippen molar-refractivity contribution in [2.45, 2.75) is 74.1 Å². The van der Waals surface area contributed by atoms with Crippen LogP contribution in [-0.2, 0) is 0 Å². The fourth-order valence-electron chi connectivity index (χ4n) is 3.23. The van der Waals surface area contributed by atoms with Crippen molar-refractivity contribution in [2.24, 2.45) is 23.7 Å². The average molecular weight is 342 g/mol. The Kier molecular flexibility index (Phi) is 12.0. The molecule has 1 nitrogen and oxygen atoms in total. The van der Waals surface area contributed by atoms with Crippen molar-refractivity contribution in [1.29, 1.82) is 5.26 Å². The minimum absolute atomic E-state index is 0.140. The highest BCUT2D eigenvalue weighted by Crippen LogP contribution is 2.30. The molecule has 0 aromatic heterocycles. The standard InChI is InChI=1S/C24H39N/c1-9-12-24(14-11-13-19(5)15-18(3)4)21(7)16-20(6)22(8)23(10-2)17-25/h11-12,14-15,18,20,22-23H,7,9-10,13,16H2,1-6,8H3/b14-11-,19-15+,24-12+. The van der Waals surface area contributed by atoms with Gasteiger partial charge in [0.05, 0.1) is 6.07 Å². The Morgan fingerprint density at radius 2 is 1.80 bits per heavy atom. The van der Waals surface area contributed by atoms with Gasteiger partial charge in [0.15, 0.2) is 0 Å². The number of nitrogens with zero attached hydrogens (tertiary/aromatic N) is 1. The van der Waals surface area contributed by atoms with Crippen LogP contribution < -0.4 is 0 Å². The van der Waals surface area contributed by atoms with Crippen molar-refractivity contribution in [3.63, 3.8) is 0 Å². The van der Waals surface area contributed by atoms with Crippen LogP contribution in [-0.4, -0.2) is 0 Å². The molecule has 0 fully saturated rings. The fourth-order valence-corrected chi connectivity index (χ4v) is 3.23. The maximum absolute atomic E-state index is 9.30. The predicted octanol–water partition coefficient (Wildman–Crippen LogP) is 7.64. The molecule has 0 aliphatic carbocycles. The van der Waals surface area contributed by atoms with Crippen molar-refractivity contribution in [2.75, 3.05) is 0 Å². The summed E-state index contributed by atoms with van der Waals surface area (Å²) in [6.07, 6.45) is 12.9. The van der Waals surface area contributed by atoms with Gasteiger partial charge in [-0.3, -0.25) is 0 Å². The first kappa shape index (κ1) is 23.4. The molecular weight excluding hydrogens is 302 g/mol. The molecule has 1 heteroatoms. The summed E-state index contributed by atoms with van der Waals surface area (Å²) < 4.78 is 0. The molecule has 0 N–H and O–H groups in total. The second kappa shape index (κ2) is 12.8. The SMILES string of the molecule is C=C(CC(C)C(C)C(C#N)CC)C(/C=C\C/C(C)=C/C(C)C)=C/CC. The Morgan fingerprint density at radius 1 is 1.16 bits per heavy atom. The number of hydrogen-bond donors (Lipinski definition) is 0. The monoisotopic (exact) mass is 341 g/mol. The van der Waals surface area contributed by atoms with E-state index in [1.54, 1.807) is 0 Å². The third-order valence-electron chi connectivity index (χ3n) is 4.89. The van der Waals surface area contributed by atoms with Gasteiger partial charge in [-0.2, -0.15) is 5.26 Å². The molecule has 0 rings (SSSR count). The molecule has 0 radical (unpaired) electrons. The Labute approximate surface area is 157 Å². The fraction of sp³-hybridized carbons (Fsp3) is 0.625. The summed E-state index contributed by atoms with van der Waals surface area (Å²) in [5.74, 6) is 1.60. The zero-order chi connectivity index (χ0) is 19.4. The summed E-state index contributed by atoms with van der Waals surface area (Å²) in [5, 5.41) is 9.30. The summed E-state index contributed by atoms with van der Waals surface area (Å²) in [7, 11) is 0. The van der Waals surface area contributed by atoms with Crippen LogP contribution in [0.5, 0.6) is 0 Å². The van der Waals surface area contributed by atoms with Crippen LogP contribution in [0.25, 0.3) is 0 Å². The zero-order valence-corrected chi connectivity index (χ0v) is 17.6. The molecule has 0 heterocycles. The second-order valence-electron chi connectivity index (χ2n) is 7.72. The molecular formula is C24H39N. The summed E-state index contributed by atoms with van der Waals surface area (Å²) in [6.45, 7) is 19.7. The maximum Gasteiger partial charge on any atom is 0.0658 e. The van der Waals surface area contributed by atoms with Gasteiger partial charge >= 0.3 is 0 Å². The van der Waals surface area contributed by atoms with Crippen molar-refractivity contribution in [3.05, 3.63) is 47.6 Å². The number of allylic oxidation sites excluding steroid dienone is 7. The molecule has 0 spiro atoms. The van der Waals surface area contributed by atoms with Crippen LogP contribution in [0.15, 0.2) is 47.6 Å². The quantitative estimate of drug-likeness (QED) is 0.280. The highest BCUT2D eigenvalue weighted by molar-refractivity contribution is 5.38. The third-order valence-corrected chi connectivity index (χ3v) is 4.89. The predicted molar refractivity (Wildman–Crippen MR) is 112 cm³/mol. The molecule has 0 aromatic carbocycles. The molecule has 0 aromatic rings. The van der Waals surface area contributed by atoms with Crippen LogP contribution in [0.2, 0.25) is 0 Å². The van der Waals surface area contributed by atoms with Crippen LogP contribution in [0.4, 0.5) is 0 Å². The molecule has 0 aliphatic heterocycles. The van der Waals surface area contributed by atoms with Gasteiger partial charge in [-0.25, -0.2) is 0 Å². The molecule has 0 amide bonds. The molecule has 0 bridgehead atoms. The lowest BCUT2D eigenvalue weighted by Gasteiger charge is -2.24. The summed E-state index contributed by atoms with van der Waals surface area (Å²) in [6, 6.07) is 2.46. The van der Waals surface area contributed by atoms with Gasteiger partial charge in [0.1, 0.15) is 0 Å². The Hall–Kier alpha value is -1.55. The molecule has 3 unspecified atom stereocenters. The molecule has 0 aliphatic rings. The molecule has 3 atom stereocenters. The number of hydrogen-bond acceptors (Lipinski definition) is 1. The van der Waals surface area contributed by atoms with Crippen LogP contribution in [0.1, 0.15) is 74.1 Å². The normalized spacial score (nSPS) is 16.8. The number of nitriles is 1. The topological polar surface area (TPSA) is 23.8 Å². The largest absolute Gasteiger partial charge is 0.198 e. The van der Waals surface area contributed by atoms with E-state index < -0.39 is 0 Å². The summed E-state index contributed by atoms with van der Waals surface area (Å²) >= 11 is 0. The van der Waals surface area contributed by atoms with Crippen molar-refractivity contribution >= 4 is 0 Å². The van der Waals surface area contributed by atoms with Gasteiger partial charge in [-0.15, -0.1) is 0 Å². The minimum atomic E-state index is 0.140. The van der Waals surface area contributed by atoms with Crippen LogP contribution in [0.3, 0.4) is 0 Å². The molecule has 25 heavy (non-hydrogen) atoms. The lowest BCUT2D eigenvalue weighted by atomic mass is 9.79. The molecule has 0 saturated carbocycles. The van der Waals surface area contributed by atoms with Gasteiger partial charge in [0.25, 0.3) is 0 Å². The smallest absolute Gasteiger partial charge is 0.0658 e. The third kappa shape index (κ3) is 9.49. The first-order valence-electron chi connectivity index (χ1n) is 9.88. The van der Waals surface area contributed by atoms with Gasteiger partial charge < -0.3 is 0 Å². The van der Waals surface area contributed by atoms with E-state index in [1.807, 2.05) is 0 Å². The highest BCUT2D eigenvalue weighted by atomic mass is 14.3. The van der Waals surface area contributed by atoms with Crippen molar-refractivity contribution < 1.29 is 0 Å². The van der Waals surface area contributed by atoms with E-state index in [2.05, 4.69) is 85.4 Å². The van der Waals surface area contributed by atoms with Gasteiger partial charge in [-0.05, 0) is 61.5 Å². The Balaban J connectivity index is 4.91. The zero-order valence-electron chi connectivity index (χ0n) is 17.6. The van der Waals surface area contributed by atoms with E-state index in [9.17, 15) is 5.26 Å². The van der Waals surface area contributed by atoms with E-state index in [1.165, 1.54) is 16.7 Å². The maximum atomic E-state index is 9.30. The molecule has 140 valence electrons. The van der Waals surface area contributed by atoms with Gasteiger partial charge in [0.2, 0.25) is 0 Å². The van der Waals surface area contributed by atoms with Crippen molar-refractivity contribution in [1.82, 2.24) is 0 Å². The lowest BCUT2D eigenvalue weighted by Crippen LogP contribution is -2.18. The minimum Gasteiger partial charge on any atom is -0.198 e. The second-order valence-corrected chi connectivity index (χ2v) is 7.72. The first-order chi connectivity index (χ1) is 11.8. The van der Waals surface area contributed by atoms with Gasteiger partial charge in [0, 0.05) is 5.92 Å². The van der Waals surface area contributed by atoms with E-state index in [0.29, 0.717) is 17.8 Å². The van der Waals surface area contributed by atoms with E-state index in [-0.39, 0.29) is 5.92 Å². The van der Waals surface area contributed by atoms with Crippen LogP contribution in [0, 0.1) is 35.0 Å². The van der Waals surface area contributed by atoms with E-state index in [4.69, 9.17) is 0 Å². The highest BCUT2D eigenvalue weighted by Gasteiger charge is 2.22. The van der Waals surface area contributed by atoms with Crippen molar-refractivity contribution in [3.8, 4) is 6.07 Å². The molecule has 0 saturated heterocycles. The number of rotatable bonds is 11. The Bertz CT molecular complexity index is 525. The lowest BCUT2D eigenvalue weighted by molar-refractivity contribution is 0.303. The first-order valence-corrected chi connectivity index (χ1v) is 9.88. The summed E-state index contributed by atoms with van der Waals surface area (Å²) in [4.78, 5) is 0. The Morgan fingerprint density at radius 3 is 2.28 bits per heavy atom. The summed E-state index contributed by atoms with van der Waals surface area (Å²) in [5.41, 5.74) is 3.86.